The first-order valence-electron chi connectivity index (χ1n) is 7.25. The molecule has 0 aromatic heterocycles. The first kappa shape index (κ1) is 18.1. The van der Waals surface area contributed by atoms with E-state index in [-0.39, 0.29) is 11.9 Å². The topological polar surface area (TPSA) is 49.3 Å². The number of halogens is 2. The van der Waals surface area contributed by atoms with Crippen LogP contribution in [-0.4, -0.2) is 23.7 Å². The fourth-order valence-corrected chi connectivity index (χ4v) is 2.85. The van der Waals surface area contributed by atoms with Crippen molar-refractivity contribution >= 4 is 21.9 Å². The van der Waals surface area contributed by atoms with E-state index in [1.807, 2.05) is 20.8 Å². The van der Waals surface area contributed by atoms with E-state index in [0.717, 1.165) is 10.0 Å². The summed E-state index contributed by atoms with van der Waals surface area (Å²) in [6, 6.07) is 4.75. The number of hydrogen-bond donors (Lipinski definition) is 2. The minimum Gasteiger partial charge on any atom is -0.481 e. The van der Waals surface area contributed by atoms with Crippen LogP contribution in [0.3, 0.4) is 0 Å². The number of nitrogens with one attached hydrogen (secondary N) is 1. The van der Waals surface area contributed by atoms with Gasteiger partial charge in [-0.1, -0.05) is 35.8 Å². The van der Waals surface area contributed by atoms with Crippen LogP contribution in [0.2, 0.25) is 0 Å². The Kier molecular flexibility index (Phi) is 6.81. The molecule has 0 spiro atoms. The van der Waals surface area contributed by atoms with Crippen LogP contribution in [0.4, 0.5) is 4.39 Å². The first-order valence-corrected chi connectivity index (χ1v) is 8.04. The Morgan fingerprint density at radius 3 is 2.52 bits per heavy atom. The largest absolute Gasteiger partial charge is 0.481 e. The predicted molar refractivity (Wildman–Crippen MR) is 85.9 cm³/mol. The van der Waals surface area contributed by atoms with E-state index in [1.54, 1.807) is 6.07 Å². The van der Waals surface area contributed by atoms with E-state index in [9.17, 15) is 14.3 Å². The maximum atomic E-state index is 13.1. The lowest BCUT2D eigenvalue weighted by molar-refractivity contribution is -0.149. The summed E-state index contributed by atoms with van der Waals surface area (Å²) >= 11 is 3.35. The number of carbonyl (C=O) groups is 1. The number of carboxylic acid groups (broad SMARTS) is 1. The molecule has 2 N–H and O–H groups in total. The first-order chi connectivity index (χ1) is 9.84. The van der Waals surface area contributed by atoms with E-state index in [2.05, 4.69) is 21.2 Å². The summed E-state index contributed by atoms with van der Waals surface area (Å²) in [7, 11) is 0. The van der Waals surface area contributed by atoms with E-state index in [1.165, 1.54) is 12.1 Å². The van der Waals surface area contributed by atoms with Crippen LogP contribution in [0.25, 0.3) is 0 Å². The summed E-state index contributed by atoms with van der Waals surface area (Å²) in [6.45, 7) is 6.25. The van der Waals surface area contributed by atoms with E-state index < -0.39 is 11.4 Å². The van der Waals surface area contributed by atoms with Gasteiger partial charge >= 0.3 is 5.97 Å². The van der Waals surface area contributed by atoms with Crippen molar-refractivity contribution in [2.45, 2.75) is 46.1 Å². The lowest BCUT2D eigenvalue weighted by atomic mass is 9.82. The number of benzene rings is 1. The Balaban J connectivity index is 2.65. The molecule has 0 aliphatic rings. The van der Waals surface area contributed by atoms with Crippen molar-refractivity contribution in [1.29, 1.82) is 0 Å². The second-order valence-corrected chi connectivity index (χ2v) is 6.37. The van der Waals surface area contributed by atoms with Gasteiger partial charge in [0.2, 0.25) is 0 Å². The van der Waals surface area contributed by atoms with Crippen LogP contribution in [0, 0.1) is 11.2 Å². The van der Waals surface area contributed by atoms with Crippen molar-refractivity contribution in [3.63, 3.8) is 0 Å². The molecule has 0 bridgehead atoms. The maximum Gasteiger partial charge on any atom is 0.310 e. The standard InChI is InChI=1S/C16H23BrFNO2/c1-4-16(5-2,15(20)21)10-19-11(3)8-12-6-7-13(18)9-14(12)17/h6-7,9,11,19H,4-5,8,10H2,1-3H3,(H,20,21). The lowest BCUT2D eigenvalue weighted by Crippen LogP contribution is -2.43. The summed E-state index contributed by atoms with van der Waals surface area (Å²) in [6.07, 6.45) is 1.90. The van der Waals surface area contributed by atoms with Gasteiger partial charge in [-0.2, -0.15) is 0 Å². The maximum absolute atomic E-state index is 13.1. The van der Waals surface area contributed by atoms with Crippen molar-refractivity contribution in [1.82, 2.24) is 5.32 Å². The highest BCUT2D eigenvalue weighted by Gasteiger charge is 2.34. The summed E-state index contributed by atoms with van der Waals surface area (Å²) in [5, 5.41) is 12.7. The molecule has 0 fully saturated rings. The molecule has 1 aromatic carbocycles. The number of rotatable bonds is 8. The van der Waals surface area contributed by atoms with Gasteiger partial charge in [0.05, 0.1) is 5.41 Å². The fourth-order valence-electron chi connectivity index (χ4n) is 2.34. The van der Waals surface area contributed by atoms with Crippen LogP contribution in [0.15, 0.2) is 22.7 Å². The molecule has 0 amide bonds. The second kappa shape index (κ2) is 7.90. The van der Waals surface area contributed by atoms with Gasteiger partial charge < -0.3 is 10.4 Å². The zero-order chi connectivity index (χ0) is 16.0. The van der Waals surface area contributed by atoms with Crippen LogP contribution < -0.4 is 5.32 Å². The van der Waals surface area contributed by atoms with Crippen LogP contribution in [-0.2, 0) is 11.2 Å². The van der Waals surface area contributed by atoms with E-state index >= 15 is 0 Å². The molecule has 1 unspecified atom stereocenters. The average molecular weight is 360 g/mol. The molecule has 0 heterocycles. The third-order valence-electron chi connectivity index (χ3n) is 4.14. The van der Waals surface area contributed by atoms with Crippen molar-refractivity contribution in [3.8, 4) is 0 Å². The van der Waals surface area contributed by atoms with Crippen LogP contribution in [0.1, 0.15) is 39.2 Å². The molecule has 5 heteroatoms. The van der Waals surface area contributed by atoms with Gasteiger partial charge in [0.25, 0.3) is 0 Å². The van der Waals surface area contributed by atoms with E-state index in [4.69, 9.17) is 0 Å². The molecular formula is C16H23BrFNO2. The molecule has 1 atom stereocenters. The Labute approximate surface area is 134 Å². The van der Waals surface area contributed by atoms with Gasteiger partial charge in [-0.15, -0.1) is 0 Å². The Morgan fingerprint density at radius 2 is 2.05 bits per heavy atom. The molecule has 1 aromatic rings. The van der Waals surface area contributed by atoms with Gasteiger partial charge in [-0.25, -0.2) is 4.39 Å². The molecule has 0 saturated heterocycles. The summed E-state index contributed by atoms with van der Waals surface area (Å²) in [5.74, 6) is -1.02. The smallest absolute Gasteiger partial charge is 0.310 e. The van der Waals surface area contributed by atoms with Gasteiger partial charge in [0.15, 0.2) is 0 Å². The highest BCUT2D eigenvalue weighted by molar-refractivity contribution is 9.10. The SMILES string of the molecule is CCC(CC)(CNC(C)Cc1ccc(F)cc1Br)C(=O)O. The number of aliphatic carboxylic acids is 1. The normalized spacial score (nSPS) is 13.2. The molecule has 0 aliphatic carbocycles. The Morgan fingerprint density at radius 1 is 1.43 bits per heavy atom. The monoisotopic (exact) mass is 359 g/mol. The zero-order valence-electron chi connectivity index (χ0n) is 12.7. The highest BCUT2D eigenvalue weighted by Crippen LogP contribution is 2.26. The fraction of sp³-hybridized carbons (Fsp3) is 0.562. The van der Waals surface area contributed by atoms with Gasteiger partial charge in [-0.05, 0) is 43.9 Å². The third-order valence-corrected chi connectivity index (χ3v) is 4.88. The van der Waals surface area contributed by atoms with Gasteiger partial charge in [0, 0.05) is 17.1 Å². The Hall–Kier alpha value is -0.940. The third kappa shape index (κ3) is 4.78. The predicted octanol–water partition coefficient (Wildman–Crippen LogP) is 4.00. The van der Waals surface area contributed by atoms with Crippen LogP contribution >= 0.6 is 15.9 Å². The summed E-state index contributed by atoms with van der Waals surface area (Å²) in [5.41, 5.74) is 0.291. The molecule has 0 radical (unpaired) electrons. The number of hydrogen-bond acceptors (Lipinski definition) is 2. The molecular weight excluding hydrogens is 337 g/mol. The zero-order valence-corrected chi connectivity index (χ0v) is 14.3. The second-order valence-electron chi connectivity index (χ2n) is 5.51. The lowest BCUT2D eigenvalue weighted by Gasteiger charge is -2.29. The minimum absolute atomic E-state index is 0.114. The highest BCUT2D eigenvalue weighted by atomic mass is 79.9. The average Bonchev–Trinajstić information content (AvgIpc) is 2.43. The van der Waals surface area contributed by atoms with Crippen molar-refractivity contribution in [2.24, 2.45) is 5.41 Å². The minimum atomic E-state index is -0.754. The molecule has 1 rings (SSSR count). The van der Waals surface area contributed by atoms with Crippen molar-refractivity contribution in [2.75, 3.05) is 6.54 Å². The van der Waals surface area contributed by atoms with Gasteiger partial charge in [0.1, 0.15) is 5.82 Å². The molecule has 21 heavy (non-hydrogen) atoms. The van der Waals surface area contributed by atoms with Crippen molar-refractivity contribution in [3.05, 3.63) is 34.1 Å². The molecule has 0 saturated carbocycles. The summed E-state index contributed by atoms with van der Waals surface area (Å²) in [4.78, 5) is 11.5. The van der Waals surface area contributed by atoms with Crippen LogP contribution in [0.5, 0.6) is 0 Å². The number of carboxylic acids is 1. The molecule has 0 aliphatic heterocycles. The quantitative estimate of drug-likeness (QED) is 0.737. The molecule has 118 valence electrons. The van der Waals surface area contributed by atoms with Gasteiger partial charge in [-0.3, -0.25) is 4.79 Å². The van der Waals surface area contributed by atoms with Crippen molar-refractivity contribution < 1.29 is 14.3 Å². The van der Waals surface area contributed by atoms with E-state index in [0.29, 0.717) is 25.8 Å². The summed E-state index contributed by atoms with van der Waals surface area (Å²) < 4.78 is 13.8. The Bertz CT molecular complexity index is 489. The molecule has 3 nitrogen and oxygen atoms in total.